The zero-order valence-electron chi connectivity index (χ0n) is 10.2. The molecule has 0 aliphatic heterocycles. The summed E-state index contributed by atoms with van der Waals surface area (Å²) in [6, 6.07) is 10.3. The largest absolute Gasteiger partial charge is 0.423 e. The molecule has 1 atom stereocenters. The van der Waals surface area contributed by atoms with Crippen LogP contribution in [0.1, 0.15) is 36.6 Å². The van der Waals surface area contributed by atoms with Gasteiger partial charge < -0.3 is 9.73 Å². The predicted octanol–water partition coefficient (Wildman–Crippen LogP) is 2.33. The van der Waals surface area contributed by atoms with Crippen molar-refractivity contribution in [1.82, 2.24) is 15.5 Å². The minimum atomic E-state index is 0.189. The van der Waals surface area contributed by atoms with Gasteiger partial charge in [0, 0.05) is 0 Å². The summed E-state index contributed by atoms with van der Waals surface area (Å²) in [7, 11) is 1.86. The lowest BCUT2D eigenvalue weighted by atomic mass is 9.97. The van der Waals surface area contributed by atoms with Gasteiger partial charge in [-0.05, 0) is 19.0 Å². The van der Waals surface area contributed by atoms with E-state index in [0.29, 0.717) is 18.3 Å². The van der Waals surface area contributed by atoms with Crippen LogP contribution in [0.5, 0.6) is 0 Å². The molecule has 0 fully saturated rings. The lowest BCUT2D eigenvalue weighted by Crippen LogP contribution is -2.05. The second-order valence-electron chi connectivity index (χ2n) is 3.94. The fourth-order valence-corrected chi connectivity index (χ4v) is 1.87. The molecule has 0 radical (unpaired) electrons. The Morgan fingerprint density at radius 3 is 2.65 bits per heavy atom. The fourth-order valence-electron chi connectivity index (χ4n) is 1.87. The molecule has 0 aliphatic carbocycles. The lowest BCUT2D eigenvalue weighted by Gasteiger charge is -2.10. The van der Waals surface area contributed by atoms with Crippen molar-refractivity contribution in [3.8, 4) is 0 Å². The number of nitrogens with one attached hydrogen (secondary N) is 1. The summed E-state index contributed by atoms with van der Waals surface area (Å²) in [4.78, 5) is 0. The third-order valence-electron chi connectivity index (χ3n) is 2.72. The van der Waals surface area contributed by atoms with Gasteiger partial charge in [-0.2, -0.15) is 0 Å². The van der Waals surface area contributed by atoms with Crippen molar-refractivity contribution >= 4 is 0 Å². The van der Waals surface area contributed by atoms with E-state index in [4.69, 9.17) is 4.42 Å². The molecule has 0 aliphatic rings. The smallest absolute Gasteiger partial charge is 0.230 e. The first-order valence-electron chi connectivity index (χ1n) is 5.87. The van der Waals surface area contributed by atoms with E-state index in [1.807, 2.05) is 25.2 Å². The van der Waals surface area contributed by atoms with E-state index in [-0.39, 0.29) is 5.92 Å². The Hall–Kier alpha value is -1.68. The molecule has 4 nitrogen and oxygen atoms in total. The molecule has 17 heavy (non-hydrogen) atoms. The number of nitrogens with zero attached hydrogens (tertiary/aromatic N) is 2. The van der Waals surface area contributed by atoms with E-state index in [1.165, 1.54) is 5.56 Å². The molecule has 1 aromatic carbocycles. The van der Waals surface area contributed by atoms with Crippen LogP contribution >= 0.6 is 0 Å². The first-order valence-corrected chi connectivity index (χ1v) is 5.87. The van der Waals surface area contributed by atoms with Crippen LogP contribution in [0.25, 0.3) is 0 Å². The first-order chi connectivity index (χ1) is 8.35. The minimum Gasteiger partial charge on any atom is -0.423 e. The van der Waals surface area contributed by atoms with Crippen LogP contribution in [0.3, 0.4) is 0 Å². The van der Waals surface area contributed by atoms with Gasteiger partial charge in [0.05, 0.1) is 12.5 Å². The van der Waals surface area contributed by atoms with Gasteiger partial charge in [0.1, 0.15) is 0 Å². The first kappa shape index (κ1) is 11.8. The van der Waals surface area contributed by atoms with Crippen LogP contribution in [0.2, 0.25) is 0 Å². The molecule has 4 heteroatoms. The molecular weight excluding hydrogens is 214 g/mol. The second-order valence-corrected chi connectivity index (χ2v) is 3.94. The van der Waals surface area contributed by atoms with Gasteiger partial charge in [-0.15, -0.1) is 10.2 Å². The standard InChI is InChI=1S/C13H17N3O/c1-3-11(10-7-5-4-6-8-10)13-16-15-12(17-13)9-14-2/h4-8,11,14H,3,9H2,1-2H3. The highest BCUT2D eigenvalue weighted by Crippen LogP contribution is 2.26. The minimum absolute atomic E-state index is 0.189. The number of benzene rings is 1. The summed E-state index contributed by atoms with van der Waals surface area (Å²) in [5, 5.41) is 11.1. The van der Waals surface area contributed by atoms with Crippen molar-refractivity contribution in [2.24, 2.45) is 0 Å². The number of rotatable bonds is 5. The zero-order valence-corrected chi connectivity index (χ0v) is 10.2. The number of aromatic nitrogens is 2. The number of hydrogen-bond donors (Lipinski definition) is 1. The zero-order chi connectivity index (χ0) is 12.1. The van der Waals surface area contributed by atoms with Gasteiger partial charge in [0.2, 0.25) is 11.8 Å². The maximum atomic E-state index is 5.65. The van der Waals surface area contributed by atoms with Crippen LogP contribution < -0.4 is 5.32 Å². The molecule has 2 rings (SSSR count). The molecular formula is C13H17N3O. The van der Waals surface area contributed by atoms with Gasteiger partial charge in [-0.25, -0.2) is 0 Å². The SMILES string of the molecule is CCC(c1ccccc1)c1nnc(CNC)o1. The monoisotopic (exact) mass is 231 g/mol. The molecule has 2 aromatic rings. The van der Waals surface area contributed by atoms with Crippen molar-refractivity contribution in [2.45, 2.75) is 25.8 Å². The number of hydrogen-bond acceptors (Lipinski definition) is 4. The summed E-state index contributed by atoms with van der Waals surface area (Å²) < 4.78 is 5.65. The van der Waals surface area contributed by atoms with E-state index < -0.39 is 0 Å². The Balaban J connectivity index is 2.23. The van der Waals surface area contributed by atoms with Crippen molar-refractivity contribution in [3.05, 3.63) is 47.7 Å². The predicted molar refractivity (Wildman–Crippen MR) is 65.6 cm³/mol. The van der Waals surface area contributed by atoms with E-state index in [0.717, 1.165) is 6.42 Å². The van der Waals surface area contributed by atoms with Gasteiger partial charge in [0.15, 0.2) is 0 Å². The van der Waals surface area contributed by atoms with Crippen molar-refractivity contribution < 1.29 is 4.42 Å². The maximum absolute atomic E-state index is 5.65. The van der Waals surface area contributed by atoms with Crippen LogP contribution in [-0.2, 0) is 6.54 Å². The quantitative estimate of drug-likeness (QED) is 0.858. The fraction of sp³-hybridized carbons (Fsp3) is 0.385. The molecule has 1 aromatic heterocycles. The second kappa shape index (κ2) is 5.59. The lowest BCUT2D eigenvalue weighted by molar-refractivity contribution is 0.420. The summed E-state index contributed by atoms with van der Waals surface area (Å²) >= 11 is 0. The maximum Gasteiger partial charge on any atom is 0.230 e. The van der Waals surface area contributed by atoms with Crippen molar-refractivity contribution in [2.75, 3.05) is 7.05 Å². The highest BCUT2D eigenvalue weighted by atomic mass is 16.4. The van der Waals surface area contributed by atoms with Crippen LogP contribution in [-0.4, -0.2) is 17.2 Å². The molecule has 1 heterocycles. The molecule has 0 saturated heterocycles. The Bertz CT molecular complexity index is 453. The van der Waals surface area contributed by atoms with Crippen molar-refractivity contribution in [3.63, 3.8) is 0 Å². The van der Waals surface area contributed by atoms with Crippen LogP contribution in [0.15, 0.2) is 34.7 Å². The van der Waals surface area contributed by atoms with Crippen LogP contribution in [0.4, 0.5) is 0 Å². The van der Waals surface area contributed by atoms with E-state index >= 15 is 0 Å². The summed E-state index contributed by atoms with van der Waals surface area (Å²) in [6.45, 7) is 2.73. The normalized spacial score (nSPS) is 12.6. The molecule has 0 saturated carbocycles. The Kier molecular flexibility index (Phi) is 3.88. The molecule has 1 N–H and O–H groups in total. The van der Waals surface area contributed by atoms with Gasteiger partial charge in [-0.1, -0.05) is 37.3 Å². The van der Waals surface area contributed by atoms with Crippen LogP contribution in [0, 0.1) is 0 Å². The average molecular weight is 231 g/mol. The summed E-state index contributed by atoms with van der Waals surface area (Å²) in [6.07, 6.45) is 0.950. The molecule has 0 spiro atoms. The van der Waals surface area contributed by atoms with E-state index in [2.05, 4.69) is 34.6 Å². The summed E-state index contributed by atoms with van der Waals surface area (Å²) in [5.74, 6) is 1.52. The average Bonchev–Trinajstić information content (AvgIpc) is 2.81. The molecule has 1 unspecified atom stereocenters. The van der Waals surface area contributed by atoms with Gasteiger partial charge >= 0.3 is 0 Å². The summed E-state index contributed by atoms with van der Waals surface area (Å²) in [5.41, 5.74) is 1.22. The molecule has 0 bridgehead atoms. The van der Waals surface area contributed by atoms with E-state index in [1.54, 1.807) is 0 Å². The third kappa shape index (κ3) is 2.71. The third-order valence-corrected chi connectivity index (χ3v) is 2.72. The Morgan fingerprint density at radius 1 is 1.24 bits per heavy atom. The Morgan fingerprint density at radius 2 is 2.00 bits per heavy atom. The van der Waals surface area contributed by atoms with E-state index in [9.17, 15) is 0 Å². The highest BCUT2D eigenvalue weighted by molar-refractivity contribution is 5.23. The Labute approximate surface area is 101 Å². The molecule has 90 valence electrons. The van der Waals surface area contributed by atoms with Crippen molar-refractivity contribution in [1.29, 1.82) is 0 Å². The van der Waals surface area contributed by atoms with Gasteiger partial charge in [-0.3, -0.25) is 0 Å². The van der Waals surface area contributed by atoms with Gasteiger partial charge in [0.25, 0.3) is 0 Å². The molecule has 0 amide bonds. The topological polar surface area (TPSA) is 51.0 Å². The highest BCUT2D eigenvalue weighted by Gasteiger charge is 2.18.